The highest BCUT2D eigenvalue weighted by molar-refractivity contribution is 5.94. The lowest BCUT2D eigenvalue weighted by Gasteiger charge is -2.18. The number of amides is 1. The minimum atomic E-state index is -4.58. The Bertz CT molecular complexity index is 781. The highest BCUT2D eigenvalue weighted by Gasteiger charge is 2.34. The average molecular weight is 324 g/mol. The van der Waals surface area contributed by atoms with Gasteiger partial charge in [0.2, 0.25) is 5.91 Å². The molecule has 1 atom stereocenters. The lowest BCUT2D eigenvalue weighted by atomic mass is 10.1. The van der Waals surface area contributed by atoms with Crippen molar-refractivity contribution in [2.24, 2.45) is 0 Å². The minimum Gasteiger partial charge on any atom is -0.324 e. The first kappa shape index (κ1) is 16.8. The maximum atomic E-state index is 12.9. The summed E-state index contributed by atoms with van der Waals surface area (Å²) >= 11 is 0. The number of alkyl halides is 3. The number of para-hydroxylation sites is 1. The van der Waals surface area contributed by atoms with E-state index < -0.39 is 23.7 Å². The van der Waals surface area contributed by atoms with Gasteiger partial charge in [-0.15, -0.1) is 0 Å². The molecule has 0 saturated heterocycles. The maximum Gasteiger partial charge on any atom is 0.418 e. The van der Waals surface area contributed by atoms with E-state index in [1.165, 1.54) is 35.9 Å². The molecule has 0 saturated carbocycles. The second-order valence-corrected chi connectivity index (χ2v) is 5.11. The van der Waals surface area contributed by atoms with E-state index in [4.69, 9.17) is 0 Å². The van der Waals surface area contributed by atoms with E-state index in [2.05, 4.69) is 5.32 Å². The number of anilines is 1. The molecule has 1 amide bonds. The Morgan fingerprint density at radius 2 is 1.83 bits per heavy atom. The second kappa shape index (κ2) is 6.28. The Labute approximate surface area is 130 Å². The number of hydrogen-bond acceptors (Lipinski definition) is 2. The van der Waals surface area contributed by atoms with E-state index in [1.807, 2.05) is 0 Å². The number of hydrogen-bond donors (Lipinski definition) is 1. The molecule has 4 nitrogen and oxygen atoms in total. The molecular weight excluding hydrogens is 309 g/mol. The number of rotatable bonds is 3. The van der Waals surface area contributed by atoms with Crippen LogP contribution in [0.3, 0.4) is 0 Å². The Hall–Kier alpha value is -2.57. The standard InChI is InChI=1S/C16H15F3N2O2/c1-10-6-5-9-21(15(10)23)11(2)14(22)20-13-8-4-3-7-12(13)16(17,18)19/h3-9,11H,1-2H3,(H,20,22). The van der Waals surface area contributed by atoms with E-state index >= 15 is 0 Å². The molecule has 2 aromatic rings. The van der Waals surface area contributed by atoms with E-state index in [-0.39, 0.29) is 11.2 Å². The van der Waals surface area contributed by atoms with Crippen LogP contribution in [0.1, 0.15) is 24.1 Å². The normalized spacial score (nSPS) is 12.7. The Balaban J connectivity index is 2.30. The largest absolute Gasteiger partial charge is 0.418 e. The first-order chi connectivity index (χ1) is 10.7. The minimum absolute atomic E-state index is 0.336. The quantitative estimate of drug-likeness (QED) is 0.941. The van der Waals surface area contributed by atoms with Gasteiger partial charge in [-0.3, -0.25) is 9.59 Å². The third-order valence-electron chi connectivity index (χ3n) is 3.45. The number of carbonyl (C=O) groups excluding carboxylic acids is 1. The van der Waals surface area contributed by atoms with Crippen molar-refractivity contribution in [2.75, 3.05) is 5.32 Å². The number of aromatic nitrogens is 1. The van der Waals surface area contributed by atoms with Crippen LogP contribution in [0.5, 0.6) is 0 Å². The molecule has 1 aromatic carbocycles. The zero-order valence-corrected chi connectivity index (χ0v) is 12.5. The van der Waals surface area contributed by atoms with Gasteiger partial charge in [0.25, 0.3) is 5.56 Å². The van der Waals surface area contributed by atoms with E-state index in [0.717, 1.165) is 6.07 Å². The van der Waals surface area contributed by atoms with Crippen molar-refractivity contribution in [1.82, 2.24) is 4.57 Å². The van der Waals surface area contributed by atoms with Crippen LogP contribution in [-0.2, 0) is 11.0 Å². The third-order valence-corrected chi connectivity index (χ3v) is 3.45. The fraction of sp³-hybridized carbons (Fsp3) is 0.250. The SMILES string of the molecule is Cc1cccn(C(C)C(=O)Nc2ccccc2C(F)(F)F)c1=O. The van der Waals surface area contributed by atoms with Crippen molar-refractivity contribution >= 4 is 11.6 Å². The zero-order chi connectivity index (χ0) is 17.2. The number of halogens is 3. The lowest BCUT2D eigenvalue weighted by Crippen LogP contribution is -2.32. The molecule has 122 valence electrons. The number of pyridine rings is 1. The summed E-state index contributed by atoms with van der Waals surface area (Å²) in [5.41, 5.74) is -1.18. The molecule has 0 aliphatic heterocycles. The van der Waals surface area contributed by atoms with Gasteiger partial charge in [-0.2, -0.15) is 13.2 Å². The van der Waals surface area contributed by atoms with E-state index in [0.29, 0.717) is 5.56 Å². The summed E-state index contributed by atoms with van der Waals surface area (Å²) in [7, 11) is 0. The summed E-state index contributed by atoms with van der Waals surface area (Å²) in [6.07, 6.45) is -3.15. The number of nitrogens with zero attached hydrogens (tertiary/aromatic N) is 1. The van der Waals surface area contributed by atoms with Gasteiger partial charge in [-0.1, -0.05) is 18.2 Å². The Morgan fingerprint density at radius 1 is 1.17 bits per heavy atom. The average Bonchev–Trinajstić information content (AvgIpc) is 2.49. The van der Waals surface area contributed by atoms with Crippen LogP contribution in [0.25, 0.3) is 0 Å². The molecule has 0 aliphatic carbocycles. The first-order valence-corrected chi connectivity index (χ1v) is 6.86. The summed E-state index contributed by atoms with van der Waals surface area (Å²) in [5.74, 6) is -0.700. The van der Waals surface area contributed by atoms with Gasteiger partial charge in [0.15, 0.2) is 0 Å². The van der Waals surface area contributed by atoms with Gasteiger partial charge in [-0.05, 0) is 32.0 Å². The zero-order valence-electron chi connectivity index (χ0n) is 12.5. The first-order valence-electron chi connectivity index (χ1n) is 6.86. The van der Waals surface area contributed by atoms with Gasteiger partial charge in [0, 0.05) is 11.8 Å². The highest BCUT2D eigenvalue weighted by atomic mass is 19.4. The van der Waals surface area contributed by atoms with Crippen LogP contribution < -0.4 is 10.9 Å². The molecular formula is C16H15F3N2O2. The molecule has 2 rings (SSSR count). The van der Waals surface area contributed by atoms with Gasteiger partial charge in [0.05, 0.1) is 11.3 Å². The molecule has 0 bridgehead atoms. The van der Waals surface area contributed by atoms with Crippen molar-refractivity contribution in [3.8, 4) is 0 Å². The van der Waals surface area contributed by atoms with Gasteiger partial charge in [0.1, 0.15) is 6.04 Å². The van der Waals surface area contributed by atoms with Crippen molar-refractivity contribution < 1.29 is 18.0 Å². The monoisotopic (exact) mass is 324 g/mol. The fourth-order valence-electron chi connectivity index (χ4n) is 2.13. The summed E-state index contributed by atoms with van der Waals surface area (Å²) in [5, 5.41) is 2.24. The summed E-state index contributed by atoms with van der Waals surface area (Å²) in [6, 6.07) is 6.96. The number of benzene rings is 1. The fourth-order valence-corrected chi connectivity index (χ4v) is 2.13. The maximum absolute atomic E-state index is 12.9. The van der Waals surface area contributed by atoms with Crippen LogP contribution in [-0.4, -0.2) is 10.5 Å². The number of aryl methyl sites for hydroxylation is 1. The molecule has 0 radical (unpaired) electrons. The Kier molecular flexibility index (Phi) is 4.58. The summed E-state index contributed by atoms with van der Waals surface area (Å²) < 4.78 is 40.0. The van der Waals surface area contributed by atoms with Gasteiger partial charge >= 0.3 is 6.18 Å². The molecule has 0 fully saturated rings. The van der Waals surface area contributed by atoms with Gasteiger partial charge < -0.3 is 9.88 Å². The summed E-state index contributed by atoms with van der Waals surface area (Å²) in [6.45, 7) is 3.05. The second-order valence-electron chi connectivity index (χ2n) is 5.11. The van der Waals surface area contributed by atoms with Crippen LogP contribution in [0.2, 0.25) is 0 Å². The summed E-state index contributed by atoms with van der Waals surface area (Å²) in [4.78, 5) is 24.2. The van der Waals surface area contributed by atoms with E-state index in [1.54, 1.807) is 19.1 Å². The molecule has 1 aromatic heterocycles. The number of nitrogens with one attached hydrogen (secondary N) is 1. The highest BCUT2D eigenvalue weighted by Crippen LogP contribution is 2.34. The van der Waals surface area contributed by atoms with Crippen LogP contribution in [0, 0.1) is 6.92 Å². The predicted octanol–water partition coefficient (Wildman–Crippen LogP) is 3.38. The smallest absolute Gasteiger partial charge is 0.324 e. The molecule has 1 unspecified atom stereocenters. The van der Waals surface area contributed by atoms with Crippen molar-refractivity contribution in [1.29, 1.82) is 0 Å². The number of carbonyl (C=O) groups is 1. The van der Waals surface area contributed by atoms with Gasteiger partial charge in [-0.25, -0.2) is 0 Å². The van der Waals surface area contributed by atoms with E-state index in [9.17, 15) is 22.8 Å². The molecule has 1 N–H and O–H groups in total. The molecule has 0 spiro atoms. The van der Waals surface area contributed by atoms with Crippen LogP contribution in [0.4, 0.5) is 18.9 Å². The molecule has 7 heteroatoms. The molecule has 23 heavy (non-hydrogen) atoms. The predicted molar refractivity (Wildman–Crippen MR) is 80.2 cm³/mol. The van der Waals surface area contributed by atoms with Crippen molar-refractivity contribution in [3.05, 3.63) is 64.1 Å². The third kappa shape index (κ3) is 3.61. The molecule has 1 heterocycles. The lowest BCUT2D eigenvalue weighted by molar-refractivity contribution is -0.137. The topological polar surface area (TPSA) is 51.1 Å². The van der Waals surface area contributed by atoms with Crippen molar-refractivity contribution in [2.45, 2.75) is 26.1 Å². The van der Waals surface area contributed by atoms with Crippen molar-refractivity contribution in [3.63, 3.8) is 0 Å². The molecule has 0 aliphatic rings. The van der Waals surface area contributed by atoms with Crippen LogP contribution >= 0.6 is 0 Å². The van der Waals surface area contributed by atoms with Crippen LogP contribution in [0.15, 0.2) is 47.4 Å². The Morgan fingerprint density at radius 3 is 2.48 bits per heavy atom.